The van der Waals surface area contributed by atoms with Crippen LogP contribution in [0.25, 0.3) is 11.4 Å². The molecule has 0 saturated carbocycles. The molecule has 1 aromatic carbocycles. The molecule has 6 heteroatoms. The molecule has 0 spiro atoms. The van der Waals surface area contributed by atoms with Gasteiger partial charge in [0.05, 0.1) is 18.0 Å². The summed E-state index contributed by atoms with van der Waals surface area (Å²) >= 11 is 0. The van der Waals surface area contributed by atoms with Crippen LogP contribution in [-0.2, 0) is 24.1 Å². The minimum absolute atomic E-state index is 0.239. The highest BCUT2D eigenvalue weighted by Gasteiger charge is 2.27. The van der Waals surface area contributed by atoms with Crippen molar-refractivity contribution >= 4 is 11.9 Å². The molecule has 0 aliphatic heterocycles. The van der Waals surface area contributed by atoms with E-state index in [9.17, 15) is 4.79 Å². The number of carbonyl (C=O) groups excluding carboxylic acids is 1. The fraction of sp³-hybridized carbons (Fsp3) is 0.286. The lowest BCUT2D eigenvalue weighted by molar-refractivity contribution is 0.0514. The maximum absolute atomic E-state index is 12.6. The zero-order chi connectivity index (χ0) is 19.0. The van der Waals surface area contributed by atoms with Crippen LogP contribution in [0.2, 0.25) is 0 Å². The summed E-state index contributed by atoms with van der Waals surface area (Å²) in [5.74, 6) is -0.0780. The van der Waals surface area contributed by atoms with E-state index in [1.807, 2.05) is 23.6 Å². The summed E-state index contributed by atoms with van der Waals surface area (Å²) in [7, 11) is 0. The van der Waals surface area contributed by atoms with Gasteiger partial charge in [-0.3, -0.25) is 0 Å². The van der Waals surface area contributed by atoms with Crippen LogP contribution in [0, 0.1) is 6.92 Å². The SMILES string of the molecule is CCOC(=O)c1cc2c(n1Cc1cccc(C)c1)-c1nc(N)ncc1CC2. The lowest BCUT2D eigenvalue weighted by Gasteiger charge is -2.19. The van der Waals surface area contributed by atoms with E-state index in [-0.39, 0.29) is 11.9 Å². The molecule has 2 aromatic heterocycles. The standard InChI is InChI=1S/C21H22N4O2/c1-3-27-20(26)17-10-15-7-8-16-11-23-21(22)24-18(16)19(15)25(17)12-14-6-4-5-13(2)9-14/h4-6,9-11H,3,7-8,12H2,1-2H3,(H2,22,23,24). The Balaban J connectivity index is 1.89. The van der Waals surface area contributed by atoms with Crippen molar-refractivity contribution in [3.05, 3.63) is 64.5 Å². The second kappa shape index (κ2) is 6.87. The first-order chi connectivity index (χ1) is 13.1. The van der Waals surface area contributed by atoms with Gasteiger partial charge in [0.15, 0.2) is 0 Å². The van der Waals surface area contributed by atoms with Gasteiger partial charge in [0.25, 0.3) is 0 Å². The predicted molar refractivity (Wildman–Crippen MR) is 104 cm³/mol. The number of nitrogen functional groups attached to an aromatic ring is 1. The Morgan fingerprint density at radius 1 is 1.26 bits per heavy atom. The Hall–Kier alpha value is -3.15. The van der Waals surface area contributed by atoms with Crippen LogP contribution in [0.1, 0.15) is 39.7 Å². The minimum Gasteiger partial charge on any atom is -0.461 e. The molecule has 0 unspecified atom stereocenters. The number of hydrogen-bond acceptors (Lipinski definition) is 5. The van der Waals surface area contributed by atoms with Crippen molar-refractivity contribution in [3.63, 3.8) is 0 Å². The quantitative estimate of drug-likeness (QED) is 0.721. The molecule has 1 aliphatic rings. The highest BCUT2D eigenvalue weighted by molar-refractivity contribution is 5.90. The fourth-order valence-corrected chi connectivity index (χ4v) is 3.68. The first-order valence-electron chi connectivity index (χ1n) is 9.13. The Bertz CT molecular complexity index is 1020. The zero-order valence-electron chi connectivity index (χ0n) is 15.5. The van der Waals surface area contributed by atoms with Gasteiger partial charge in [-0.05, 0) is 49.4 Å². The van der Waals surface area contributed by atoms with Gasteiger partial charge in [-0.15, -0.1) is 0 Å². The van der Waals surface area contributed by atoms with E-state index < -0.39 is 0 Å². The normalized spacial score (nSPS) is 12.4. The zero-order valence-corrected chi connectivity index (χ0v) is 15.5. The summed E-state index contributed by atoms with van der Waals surface area (Å²) in [5, 5.41) is 0. The molecule has 27 heavy (non-hydrogen) atoms. The van der Waals surface area contributed by atoms with Crippen LogP contribution in [0.15, 0.2) is 36.5 Å². The van der Waals surface area contributed by atoms with Crippen molar-refractivity contribution in [3.8, 4) is 11.4 Å². The number of fused-ring (bicyclic) bond motifs is 3. The second-order valence-corrected chi connectivity index (χ2v) is 6.80. The minimum atomic E-state index is -0.317. The van der Waals surface area contributed by atoms with Crippen molar-refractivity contribution in [1.29, 1.82) is 0 Å². The molecule has 0 radical (unpaired) electrons. The number of rotatable bonds is 4. The Kier molecular flexibility index (Phi) is 4.39. The van der Waals surface area contributed by atoms with Gasteiger partial charge in [0, 0.05) is 12.7 Å². The van der Waals surface area contributed by atoms with Crippen molar-refractivity contribution in [1.82, 2.24) is 14.5 Å². The van der Waals surface area contributed by atoms with Crippen molar-refractivity contribution in [2.24, 2.45) is 0 Å². The average Bonchev–Trinajstić information content (AvgIpc) is 3.01. The monoisotopic (exact) mass is 362 g/mol. The molecule has 3 aromatic rings. The average molecular weight is 362 g/mol. The molecule has 0 amide bonds. The van der Waals surface area contributed by atoms with Crippen molar-refractivity contribution < 1.29 is 9.53 Å². The summed E-state index contributed by atoms with van der Waals surface area (Å²) in [6, 6.07) is 10.2. The van der Waals surface area contributed by atoms with Gasteiger partial charge in [-0.25, -0.2) is 14.8 Å². The van der Waals surface area contributed by atoms with Gasteiger partial charge in [0.1, 0.15) is 5.69 Å². The van der Waals surface area contributed by atoms with Crippen LogP contribution in [0.4, 0.5) is 5.95 Å². The maximum atomic E-state index is 12.6. The van der Waals surface area contributed by atoms with Gasteiger partial charge in [-0.1, -0.05) is 29.8 Å². The number of ether oxygens (including phenoxy) is 1. The van der Waals surface area contributed by atoms with Gasteiger partial charge >= 0.3 is 5.97 Å². The Labute approximate surface area is 158 Å². The van der Waals surface area contributed by atoms with Gasteiger partial charge < -0.3 is 15.0 Å². The van der Waals surface area contributed by atoms with E-state index in [2.05, 4.69) is 35.1 Å². The number of aromatic nitrogens is 3. The number of esters is 1. The number of carbonyl (C=O) groups is 1. The summed E-state index contributed by atoms with van der Waals surface area (Å²) < 4.78 is 7.31. The van der Waals surface area contributed by atoms with E-state index in [0.717, 1.165) is 40.9 Å². The molecule has 0 saturated heterocycles. The summed E-state index contributed by atoms with van der Waals surface area (Å²) in [6.45, 7) is 4.78. The molecular formula is C21H22N4O2. The van der Waals surface area contributed by atoms with Crippen LogP contribution in [0.3, 0.4) is 0 Å². The molecule has 2 N–H and O–H groups in total. The van der Waals surface area contributed by atoms with Crippen molar-refractivity contribution in [2.45, 2.75) is 33.2 Å². The number of nitrogens with two attached hydrogens (primary N) is 1. The molecule has 0 fully saturated rings. The number of aryl methyl sites for hydroxylation is 3. The number of hydrogen-bond donors (Lipinski definition) is 1. The van der Waals surface area contributed by atoms with E-state index >= 15 is 0 Å². The predicted octanol–water partition coefficient (Wildman–Crippen LogP) is 3.16. The highest BCUT2D eigenvalue weighted by atomic mass is 16.5. The summed E-state index contributed by atoms with van der Waals surface area (Å²) in [4.78, 5) is 21.2. The van der Waals surface area contributed by atoms with Gasteiger partial charge in [0.2, 0.25) is 5.95 Å². The third-order valence-electron chi connectivity index (χ3n) is 4.85. The van der Waals surface area contributed by atoms with E-state index in [0.29, 0.717) is 18.8 Å². The van der Waals surface area contributed by atoms with Crippen LogP contribution < -0.4 is 5.73 Å². The molecule has 0 atom stereocenters. The smallest absolute Gasteiger partial charge is 0.354 e. The lowest BCUT2D eigenvalue weighted by Crippen LogP contribution is -2.16. The number of benzene rings is 1. The molecule has 138 valence electrons. The van der Waals surface area contributed by atoms with Gasteiger partial charge in [-0.2, -0.15) is 0 Å². The fourth-order valence-electron chi connectivity index (χ4n) is 3.68. The lowest BCUT2D eigenvalue weighted by atomic mass is 9.95. The third-order valence-corrected chi connectivity index (χ3v) is 4.85. The summed E-state index contributed by atoms with van der Waals surface area (Å²) in [6.07, 6.45) is 3.46. The molecule has 2 heterocycles. The first kappa shape index (κ1) is 17.3. The van der Waals surface area contributed by atoms with Crippen molar-refractivity contribution in [2.75, 3.05) is 12.3 Å². The van der Waals surface area contributed by atoms with Crippen LogP contribution in [0.5, 0.6) is 0 Å². The number of anilines is 1. The Morgan fingerprint density at radius 3 is 2.85 bits per heavy atom. The maximum Gasteiger partial charge on any atom is 0.354 e. The first-order valence-corrected chi connectivity index (χ1v) is 9.13. The molecule has 1 aliphatic carbocycles. The summed E-state index contributed by atoms with van der Waals surface area (Å²) in [5.41, 5.74) is 12.6. The second-order valence-electron chi connectivity index (χ2n) is 6.80. The van der Waals surface area contributed by atoms with Crippen LogP contribution >= 0.6 is 0 Å². The van der Waals surface area contributed by atoms with E-state index in [4.69, 9.17) is 10.5 Å². The van der Waals surface area contributed by atoms with E-state index in [1.165, 1.54) is 5.56 Å². The number of nitrogens with zero attached hydrogens (tertiary/aromatic N) is 3. The topological polar surface area (TPSA) is 83.0 Å². The van der Waals surface area contributed by atoms with Crippen LogP contribution in [-0.4, -0.2) is 27.1 Å². The Morgan fingerprint density at radius 2 is 2.07 bits per heavy atom. The van der Waals surface area contributed by atoms with E-state index in [1.54, 1.807) is 6.20 Å². The molecule has 6 nitrogen and oxygen atoms in total. The largest absolute Gasteiger partial charge is 0.461 e. The molecule has 0 bridgehead atoms. The molecular weight excluding hydrogens is 340 g/mol. The molecule has 4 rings (SSSR count). The third kappa shape index (κ3) is 3.18. The highest BCUT2D eigenvalue weighted by Crippen LogP contribution is 2.35.